The van der Waals surface area contributed by atoms with Crippen LogP contribution in [0.3, 0.4) is 0 Å². The van der Waals surface area contributed by atoms with E-state index in [0.29, 0.717) is 0 Å². The van der Waals surface area contributed by atoms with E-state index in [1.165, 1.54) is 38.2 Å². The number of fused-ring (bicyclic) bond motifs is 2. The lowest BCUT2D eigenvalue weighted by Gasteiger charge is -2.22. The molecule has 0 saturated carbocycles. The van der Waals surface area contributed by atoms with Gasteiger partial charge in [0.25, 0.3) is 0 Å². The van der Waals surface area contributed by atoms with Gasteiger partial charge in [0.1, 0.15) is 0 Å². The predicted octanol–water partition coefficient (Wildman–Crippen LogP) is 8.95. The van der Waals surface area contributed by atoms with Gasteiger partial charge in [-0.15, -0.1) is 0 Å². The average molecular weight is 447 g/mol. The fraction of sp³-hybridized carbons (Fsp3) is 0.281. The standard InChI is InChI=1S/C32H34N2/c1-20-9-8-10-27(33-20)28-15-16-29(34-28)30-25-18-23(31(2,3)4)13-11-21(25)17-22-12-14-24(19-26(22)30)32(5,6)7/h8-19,34H,1-7H3. The second-order valence-corrected chi connectivity index (χ2v) is 11.6. The largest absolute Gasteiger partial charge is 0.353 e. The first-order chi connectivity index (χ1) is 16.0. The average Bonchev–Trinajstić information content (AvgIpc) is 3.25. The number of hydrogen-bond acceptors (Lipinski definition) is 1. The van der Waals surface area contributed by atoms with Crippen LogP contribution in [0.1, 0.15) is 58.4 Å². The van der Waals surface area contributed by atoms with Gasteiger partial charge in [-0.3, -0.25) is 4.98 Å². The van der Waals surface area contributed by atoms with Crippen molar-refractivity contribution in [3.05, 3.63) is 89.6 Å². The molecular formula is C32H34N2. The molecule has 0 atom stereocenters. The van der Waals surface area contributed by atoms with Crippen LogP contribution in [0.2, 0.25) is 0 Å². The van der Waals surface area contributed by atoms with Crippen molar-refractivity contribution in [3.63, 3.8) is 0 Å². The first-order valence-electron chi connectivity index (χ1n) is 12.2. The first kappa shape index (κ1) is 22.4. The highest BCUT2D eigenvalue weighted by Gasteiger charge is 2.20. The summed E-state index contributed by atoms with van der Waals surface area (Å²) in [4.78, 5) is 8.45. The molecule has 0 aliphatic carbocycles. The third-order valence-corrected chi connectivity index (χ3v) is 6.81. The van der Waals surface area contributed by atoms with E-state index in [1.807, 2.05) is 13.0 Å². The molecule has 172 valence electrons. The van der Waals surface area contributed by atoms with Gasteiger partial charge in [0, 0.05) is 17.0 Å². The molecule has 5 aromatic rings. The molecule has 0 radical (unpaired) electrons. The second kappa shape index (κ2) is 7.84. The fourth-order valence-electron chi connectivity index (χ4n) is 4.72. The van der Waals surface area contributed by atoms with Crippen LogP contribution in [0.15, 0.2) is 72.8 Å². The monoisotopic (exact) mass is 446 g/mol. The summed E-state index contributed by atoms with van der Waals surface area (Å²) in [7, 11) is 0. The van der Waals surface area contributed by atoms with E-state index in [2.05, 4.69) is 113 Å². The summed E-state index contributed by atoms with van der Waals surface area (Å²) in [5.74, 6) is 0. The van der Waals surface area contributed by atoms with E-state index in [1.54, 1.807) is 0 Å². The molecule has 0 aliphatic heterocycles. The van der Waals surface area contributed by atoms with Crippen LogP contribution in [0.25, 0.3) is 44.2 Å². The van der Waals surface area contributed by atoms with Crippen LogP contribution in [-0.2, 0) is 10.8 Å². The van der Waals surface area contributed by atoms with Gasteiger partial charge in [0.2, 0.25) is 0 Å². The summed E-state index contributed by atoms with van der Waals surface area (Å²) in [6, 6.07) is 26.8. The van der Waals surface area contributed by atoms with E-state index in [-0.39, 0.29) is 10.8 Å². The number of H-pyrrole nitrogens is 1. The van der Waals surface area contributed by atoms with Gasteiger partial charge in [-0.2, -0.15) is 0 Å². The van der Waals surface area contributed by atoms with Gasteiger partial charge in [-0.05, 0) is 92.9 Å². The Balaban J connectivity index is 1.84. The van der Waals surface area contributed by atoms with Crippen molar-refractivity contribution in [2.24, 2.45) is 0 Å². The normalized spacial score (nSPS) is 12.6. The Morgan fingerprint density at radius 3 is 1.71 bits per heavy atom. The third kappa shape index (κ3) is 4.03. The summed E-state index contributed by atoms with van der Waals surface area (Å²) in [6.07, 6.45) is 0. The molecule has 2 heterocycles. The number of nitrogens with one attached hydrogen (secondary N) is 1. The number of pyridine rings is 1. The molecule has 3 aromatic carbocycles. The smallest absolute Gasteiger partial charge is 0.0867 e. The van der Waals surface area contributed by atoms with Gasteiger partial charge in [-0.25, -0.2) is 0 Å². The summed E-state index contributed by atoms with van der Waals surface area (Å²) >= 11 is 0. The third-order valence-electron chi connectivity index (χ3n) is 6.81. The van der Waals surface area contributed by atoms with Gasteiger partial charge in [-0.1, -0.05) is 71.9 Å². The Labute approximate surface area is 203 Å². The van der Waals surface area contributed by atoms with Crippen LogP contribution >= 0.6 is 0 Å². The maximum absolute atomic E-state index is 4.74. The van der Waals surface area contributed by atoms with Crippen molar-refractivity contribution in [1.29, 1.82) is 0 Å². The van der Waals surface area contributed by atoms with Gasteiger partial charge >= 0.3 is 0 Å². The van der Waals surface area contributed by atoms with Gasteiger partial charge < -0.3 is 4.98 Å². The lowest BCUT2D eigenvalue weighted by Crippen LogP contribution is -2.11. The molecule has 0 fully saturated rings. The first-order valence-corrected chi connectivity index (χ1v) is 12.2. The van der Waals surface area contributed by atoms with Crippen LogP contribution in [0, 0.1) is 6.92 Å². The van der Waals surface area contributed by atoms with E-state index < -0.39 is 0 Å². The van der Waals surface area contributed by atoms with Crippen LogP contribution < -0.4 is 0 Å². The number of nitrogens with zero attached hydrogens (tertiary/aromatic N) is 1. The molecule has 2 heteroatoms. The Morgan fingerprint density at radius 2 is 1.18 bits per heavy atom. The SMILES string of the molecule is Cc1cccc(-c2ccc(-c3c4cc(C(C)(C)C)ccc4cc4ccc(C(C)(C)C)cc34)[nH]2)n1. The summed E-state index contributed by atoms with van der Waals surface area (Å²) in [6.45, 7) is 15.7. The molecular weight excluding hydrogens is 412 g/mol. The van der Waals surface area contributed by atoms with Crippen LogP contribution in [0.5, 0.6) is 0 Å². The van der Waals surface area contributed by atoms with Gasteiger partial charge in [0.05, 0.1) is 11.4 Å². The maximum atomic E-state index is 4.74. The Bertz CT molecular complexity index is 1450. The van der Waals surface area contributed by atoms with E-state index in [0.717, 1.165) is 22.8 Å². The number of aryl methyl sites for hydroxylation is 1. The minimum Gasteiger partial charge on any atom is -0.353 e. The highest BCUT2D eigenvalue weighted by Crippen LogP contribution is 2.40. The molecule has 0 spiro atoms. The Hall–Kier alpha value is -3.39. The zero-order chi connectivity index (χ0) is 24.3. The quantitative estimate of drug-likeness (QED) is 0.269. The molecule has 0 bridgehead atoms. The van der Waals surface area contributed by atoms with Crippen LogP contribution in [-0.4, -0.2) is 9.97 Å². The molecule has 5 rings (SSSR count). The number of rotatable bonds is 2. The van der Waals surface area contributed by atoms with E-state index in [4.69, 9.17) is 4.98 Å². The lowest BCUT2D eigenvalue weighted by atomic mass is 9.82. The van der Waals surface area contributed by atoms with Crippen molar-refractivity contribution in [3.8, 4) is 22.6 Å². The van der Waals surface area contributed by atoms with Crippen LogP contribution in [0.4, 0.5) is 0 Å². The highest BCUT2D eigenvalue weighted by molar-refractivity contribution is 6.12. The molecule has 0 amide bonds. The van der Waals surface area contributed by atoms with Crippen molar-refractivity contribution >= 4 is 21.5 Å². The Morgan fingerprint density at radius 1 is 0.618 bits per heavy atom. The molecule has 0 saturated heterocycles. The number of aromatic amines is 1. The fourth-order valence-corrected chi connectivity index (χ4v) is 4.72. The molecule has 0 unspecified atom stereocenters. The van der Waals surface area contributed by atoms with Crippen molar-refractivity contribution in [2.45, 2.75) is 59.3 Å². The zero-order valence-electron chi connectivity index (χ0n) is 21.4. The topological polar surface area (TPSA) is 28.7 Å². The molecule has 2 aromatic heterocycles. The summed E-state index contributed by atoms with van der Waals surface area (Å²) in [5, 5.41) is 5.11. The van der Waals surface area contributed by atoms with E-state index in [9.17, 15) is 0 Å². The molecule has 1 N–H and O–H groups in total. The predicted molar refractivity (Wildman–Crippen MR) is 147 cm³/mol. The maximum Gasteiger partial charge on any atom is 0.0867 e. The minimum absolute atomic E-state index is 0.0834. The summed E-state index contributed by atoms with van der Waals surface area (Å²) in [5.41, 5.74) is 8.30. The number of aromatic nitrogens is 2. The number of benzene rings is 3. The van der Waals surface area contributed by atoms with Crippen molar-refractivity contribution < 1.29 is 0 Å². The number of hydrogen-bond donors (Lipinski definition) is 1. The van der Waals surface area contributed by atoms with Crippen molar-refractivity contribution in [2.75, 3.05) is 0 Å². The minimum atomic E-state index is 0.0834. The highest BCUT2D eigenvalue weighted by atomic mass is 14.8. The molecule has 2 nitrogen and oxygen atoms in total. The van der Waals surface area contributed by atoms with Crippen molar-refractivity contribution in [1.82, 2.24) is 9.97 Å². The zero-order valence-corrected chi connectivity index (χ0v) is 21.4. The molecule has 34 heavy (non-hydrogen) atoms. The lowest BCUT2D eigenvalue weighted by molar-refractivity contribution is 0.591. The summed E-state index contributed by atoms with van der Waals surface area (Å²) < 4.78 is 0. The van der Waals surface area contributed by atoms with Gasteiger partial charge in [0.15, 0.2) is 0 Å². The van der Waals surface area contributed by atoms with E-state index >= 15 is 0 Å². The Kier molecular flexibility index (Phi) is 5.16. The molecule has 0 aliphatic rings. The second-order valence-electron chi connectivity index (χ2n) is 11.6.